The fraction of sp³-hybridized carbons (Fsp3) is 0.818. The van der Waals surface area contributed by atoms with Crippen LogP contribution in [0.25, 0.3) is 10.4 Å². The van der Waals surface area contributed by atoms with Gasteiger partial charge in [0.15, 0.2) is 18.5 Å². The smallest absolute Gasteiger partial charge is 0.303 e. The molecule has 5 atom stereocenters. The summed E-state index contributed by atoms with van der Waals surface area (Å²) in [5.41, 5.74) is 8.16. The quantitative estimate of drug-likeness (QED) is 0.0601. The van der Waals surface area contributed by atoms with Gasteiger partial charge in [-0.1, -0.05) is 5.11 Å². The predicted molar refractivity (Wildman–Crippen MR) is 126 cm³/mol. The summed E-state index contributed by atoms with van der Waals surface area (Å²) in [4.78, 5) is 49.5. The lowest BCUT2D eigenvalue weighted by molar-refractivity contribution is -0.279. The zero-order valence-electron chi connectivity index (χ0n) is 22.0. The largest absolute Gasteiger partial charge is 0.463 e. The minimum Gasteiger partial charge on any atom is -0.463 e. The van der Waals surface area contributed by atoms with Gasteiger partial charge < -0.3 is 43.2 Å². The Morgan fingerprint density at radius 3 is 1.89 bits per heavy atom. The molecule has 16 heteroatoms. The Morgan fingerprint density at radius 2 is 1.37 bits per heavy atom. The summed E-state index contributed by atoms with van der Waals surface area (Å²) in [5.74, 6) is -2.46. The number of ether oxygens (including phenoxy) is 8. The average molecular weight is 549 g/mol. The van der Waals surface area contributed by atoms with Crippen molar-refractivity contribution in [1.29, 1.82) is 0 Å². The molecule has 1 aliphatic rings. The third kappa shape index (κ3) is 14.1. The molecule has 38 heavy (non-hydrogen) atoms. The SMILES string of the molecule is CC(=O)N[C@H]1C(OCCOCCOCCOCCN=[N+]=[N-])O[C@H](COC(C)=O)[C@H](OC(C)=O)[C@@H]1OC(C)=O. The first-order chi connectivity index (χ1) is 18.1. The van der Waals surface area contributed by atoms with Gasteiger partial charge in [0.1, 0.15) is 18.8 Å². The van der Waals surface area contributed by atoms with Crippen molar-refractivity contribution in [1.82, 2.24) is 5.32 Å². The van der Waals surface area contributed by atoms with E-state index in [2.05, 4.69) is 15.3 Å². The van der Waals surface area contributed by atoms with Crippen molar-refractivity contribution >= 4 is 23.8 Å². The molecule has 16 nitrogen and oxygen atoms in total. The molecule has 1 saturated heterocycles. The number of carbonyl (C=O) groups excluding carboxylic acids is 4. The Morgan fingerprint density at radius 1 is 0.816 bits per heavy atom. The van der Waals surface area contributed by atoms with Gasteiger partial charge in [-0.2, -0.15) is 0 Å². The summed E-state index contributed by atoms with van der Waals surface area (Å²) in [5, 5.41) is 5.96. The van der Waals surface area contributed by atoms with Gasteiger partial charge in [-0.25, -0.2) is 0 Å². The molecule has 0 aromatic rings. The van der Waals surface area contributed by atoms with Gasteiger partial charge in [0.25, 0.3) is 0 Å². The minimum atomic E-state index is -1.19. The van der Waals surface area contributed by atoms with E-state index in [1.54, 1.807) is 0 Å². The van der Waals surface area contributed by atoms with E-state index in [1.807, 2.05) is 0 Å². The molecule has 1 unspecified atom stereocenters. The van der Waals surface area contributed by atoms with Crippen LogP contribution in [0, 0.1) is 0 Å². The van der Waals surface area contributed by atoms with E-state index in [9.17, 15) is 19.2 Å². The molecule has 0 aliphatic carbocycles. The van der Waals surface area contributed by atoms with Crippen LogP contribution in [0.15, 0.2) is 5.11 Å². The number of azide groups is 1. The maximum atomic E-state index is 11.9. The molecular weight excluding hydrogens is 512 g/mol. The Labute approximate surface area is 220 Å². The van der Waals surface area contributed by atoms with Crippen molar-refractivity contribution < 1.29 is 57.1 Å². The van der Waals surface area contributed by atoms with Gasteiger partial charge in [0.2, 0.25) is 5.91 Å². The lowest BCUT2D eigenvalue weighted by Crippen LogP contribution is -2.66. The lowest BCUT2D eigenvalue weighted by Gasteiger charge is -2.44. The van der Waals surface area contributed by atoms with Crippen LogP contribution in [0.3, 0.4) is 0 Å². The molecular formula is C22H36N4O12. The minimum absolute atomic E-state index is 0.0224. The fourth-order valence-corrected chi connectivity index (χ4v) is 3.35. The van der Waals surface area contributed by atoms with Crippen molar-refractivity contribution in [2.75, 3.05) is 59.4 Å². The van der Waals surface area contributed by atoms with Gasteiger partial charge in [-0.3, -0.25) is 19.2 Å². The number of esters is 3. The highest BCUT2D eigenvalue weighted by atomic mass is 16.7. The molecule has 0 radical (unpaired) electrons. The highest BCUT2D eigenvalue weighted by Gasteiger charge is 2.51. The third-order valence-corrected chi connectivity index (χ3v) is 4.72. The lowest BCUT2D eigenvalue weighted by atomic mass is 9.96. The van der Waals surface area contributed by atoms with Crippen molar-refractivity contribution in [3.63, 3.8) is 0 Å². The zero-order chi connectivity index (χ0) is 28.3. The van der Waals surface area contributed by atoms with E-state index in [4.69, 9.17) is 43.4 Å². The van der Waals surface area contributed by atoms with Crippen molar-refractivity contribution in [2.24, 2.45) is 5.11 Å². The molecule has 0 bridgehead atoms. The fourth-order valence-electron chi connectivity index (χ4n) is 3.35. The number of nitrogens with one attached hydrogen (secondary N) is 1. The van der Waals surface area contributed by atoms with E-state index < -0.39 is 54.5 Å². The van der Waals surface area contributed by atoms with E-state index in [-0.39, 0.29) is 33.0 Å². The topological polar surface area (TPSA) is 203 Å². The van der Waals surface area contributed by atoms with Gasteiger partial charge in [0, 0.05) is 39.2 Å². The molecule has 1 heterocycles. The summed E-state index contributed by atoms with van der Waals surface area (Å²) in [6.07, 6.45) is -4.59. The van der Waals surface area contributed by atoms with Crippen LogP contribution in [-0.4, -0.2) is 114 Å². The summed E-state index contributed by atoms with van der Waals surface area (Å²) in [6.45, 7) is 6.43. The van der Waals surface area contributed by atoms with Crippen molar-refractivity contribution in [2.45, 2.75) is 58.3 Å². The van der Waals surface area contributed by atoms with Crippen molar-refractivity contribution in [3.05, 3.63) is 10.4 Å². The molecule has 0 aromatic heterocycles. The van der Waals surface area contributed by atoms with Crippen LogP contribution in [0.5, 0.6) is 0 Å². The number of nitrogens with zero attached hydrogens (tertiary/aromatic N) is 3. The maximum Gasteiger partial charge on any atom is 0.303 e. The second-order valence-electron chi connectivity index (χ2n) is 7.88. The van der Waals surface area contributed by atoms with E-state index >= 15 is 0 Å². The number of rotatable bonds is 18. The van der Waals surface area contributed by atoms with E-state index in [0.717, 1.165) is 13.8 Å². The number of carbonyl (C=O) groups is 4. The second-order valence-corrected chi connectivity index (χ2v) is 7.88. The van der Waals surface area contributed by atoms with Crippen LogP contribution < -0.4 is 5.32 Å². The third-order valence-electron chi connectivity index (χ3n) is 4.72. The van der Waals surface area contributed by atoms with Gasteiger partial charge in [-0.15, -0.1) is 0 Å². The van der Waals surface area contributed by atoms with Gasteiger partial charge in [-0.05, 0) is 5.53 Å². The van der Waals surface area contributed by atoms with Crippen molar-refractivity contribution in [3.8, 4) is 0 Å². The van der Waals surface area contributed by atoms with Crippen LogP contribution in [-0.2, 0) is 57.1 Å². The summed E-state index contributed by atoms with van der Waals surface area (Å²) < 4.78 is 43.4. The standard InChI is InChI=1S/C22H36N4O12/c1-14(27)25-19-21(37-17(4)30)20(36-16(3)29)18(13-35-15(2)28)38-22(19)34-12-11-33-10-9-32-8-7-31-6-5-24-26-23/h18-22H,5-13H2,1-4H3,(H,25,27)/t18-,19-,20+,21-,22?/m1/s1. The Kier molecular flexibility index (Phi) is 16.6. The highest BCUT2D eigenvalue weighted by Crippen LogP contribution is 2.28. The van der Waals surface area contributed by atoms with Crippen LogP contribution in [0.1, 0.15) is 27.7 Å². The Balaban J connectivity index is 2.67. The molecule has 0 saturated carbocycles. The zero-order valence-corrected chi connectivity index (χ0v) is 22.0. The summed E-state index contributed by atoms with van der Waals surface area (Å²) in [7, 11) is 0. The molecule has 0 spiro atoms. The molecule has 1 N–H and O–H groups in total. The number of hydrogen-bond acceptors (Lipinski definition) is 13. The van der Waals surface area contributed by atoms with E-state index in [1.165, 1.54) is 13.8 Å². The normalized spacial score (nSPS) is 22.6. The maximum absolute atomic E-state index is 11.9. The number of amides is 1. The molecule has 216 valence electrons. The Hall–Kier alpha value is -3.01. The number of hydrogen-bond donors (Lipinski definition) is 1. The second kappa shape index (κ2) is 19.1. The average Bonchev–Trinajstić information content (AvgIpc) is 2.83. The first kappa shape index (κ1) is 33.0. The highest BCUT2D eigenvalue weighted by molar-refractivity contribution is 5.73. The van der Waals surface area contributed by atoms with Crippen LogP contribution >= 0.6 is 0 Å². The molecule has 1 fully saturated rings. The monoisotopic (exact) mass is 548 g/mol. The van der Waals surface area contributed by atoms with E-state index in [0.29, 0.717) is 26.4 Å². The molecule has 1 rings (SSSR count). The molecule has 1 aliphatic heterocycles. The Bertz CT molecular complexity index is 807. The first-order valence-electron chi connectivity index (χ1n) is 11.9. The predicted octanol–water partition coefficient (Wildman–Crippen LogP) is 0.0192. The molecule has 1 amide bonds. The first-order valence-corrected chi connectivity index (χ1v) is 11.9. The van der Waals surface area contributed by atoms with Gasteiger partial charge in [0.05, 0.1) is 46.2 Å². The van der Waals surface area contributed by atoms with Gasteiger partial charge >= 0.3 is 17.9 Å². The van der Waals surface area contributed by atoms with Crippen LogP contribution in [0.4, 0.5) is 0 Å². The summed E-state index contributed by atoms with van der Waals surface area (Å²) in [6, 6.07) is -1.04. The summed E-state index contributed by atoms with van der Waals surface area (Å²) >= 11 is 0. The molecule has 0 aromatic carbocycles. The van der Waals surface area contributed by atoms with Crippen LogP contribution in [0.2, 0.25) is 0 Å².